The molecule has 0 spiro atoms. The maximum atomic E-state index is 12.8. The Labute approximate surface area is 216 Å². The molecule has 0 radical (unpaired) electrons. The molecule has 11 heteroatoms. The number of para-hydroxylation sites is 1. The quantitative estimate of drug-likeness (QED) is 0.474. The molecule has 2 aliphatic rings. The van der Waals surface area contributed by atoms with Crippen LogP contribution in [0.15, 0.2) is 48.7 Å². The molecule has 0 saturated carbocycles. The summed E-state index contributed by atoms with van der Waals surface area (Å²) in [7, 11) is 2.11. The lowest BCUT2D eigenvalue weighted by atomic mass is 10.2. The molecular formula is C26H32N8O3. The molecule has 5 rings (SSSR count). The number of pyridine rings is 1. The molecule has 3 aromatic rings. The van der Waals surface area contributed by atoms with Crippen LogP contribution in [0.1, 0.15) is 29.0 Å². The molecular weight excluding hydrogens is 472 g/mol. The number of carbonyl (C=O) groups is 1. The van der Waals surface area contributed by atoms with Crippen molar-refractivity contribution in [3.05, 3.63) is 60.0 Å². The predicted molar refractivity (Wildman–Crippen MR) is 140 cm³/mol. The highest BCUT2D eigenvalue weighted by Gasteiger charge is 2.20. The number of likely N-dealkylation sites (N-methyl/N-ethyl adjacent to an activating group) is 1. The highest BCUT2D eigenvalue weighted by Crippen LogP contribution is 2.19. The summed E-state index contributed by atoms with van der Waals surface area (Å²) in [5.41, 5.74) is 1.20. The van der Waals surface area contributed by atoms with Crippen LogP contribution in [0, 0.1) is 0 Å². The zero-order valence-electron chi connectivity index (χ0n) is 21.0. The second-order valence-corrected chi connectivity index (χ2v) is 9.10. The van der Waals surface area contributed by atoms with Gasteiger partial charge in [-0.05, 0) is 37.7 Å². The van der Waals surface area contributed by atoms with E-state index in [0.717, 1.165) is 38.3 Å². The topological polar surface area (TPSA) is 118 Å². The van der Waals surface area contributed by atoms with Crippen LogP contribution in [0.5, 0.6) is 0 Å². The van der Waals surface area contributed by atoms with Gasteiger partial charge in [-0.1, -0.05) is 18.2 Å². The molecule has 1 aromatic carbocycles. The number of rotatable bonds is 8. The normalized spacial score (nSPS) is 16.9. The van der Waals surface area contributed by atoms with Crippen LogP contribution < -0.4 is 15.5 Å². The van der Waals surface area contributed by atoms with Gasteiger partial charge in [0.15, 0.2) is 6.29 Å². The smallest absolute Gasteiger partial charge is 0.255 e. The summed E-state index contributed by atoms with van der Waals surface area (Å²) >= 11 is 0. The molecule has 11 nitrogen and oxygen atoms in total. The van der Waals surface area contributed by atoms with Crippen molar-refractivity contribution in [1.29, 1.82) is 0 Å². The van der Waals surface area contributed by atoms with E-state index in [1.807, 2.05) is 30.3 Å². The molecule has 2 N–H and O–H groups in total. The van der Waals surface area contributed by atoms with Gasteiger partial charge in [0, 0.05) is 56.5 Å². The maximum Gasteiger partial charge on any atom is 0.255 e. The number of carbonyl (C=O) groups excluding carboxylic acids is 1. The predicted octanol–water partition coefficient (Wildman–Crippen LogP) is 2.71. The Bertz CT molecular complexity index is 1180. The van der Waals surface area contributed by atoms with Gasteiger partial charge in [0.1, 0.15) is 11.6 Å². The standard InChI is InChI=1S/C26H32N8O3/c1-33-12-14-34(15-13-33)26-31-21(8-9-23-36-16-5-17-37-23)29-25(32-26)30-22-18-19(10-11-27-22)24(35)28-20-6-3-2-4-7-20/h2-4,6-7,10-11,18,23H,5,8-9,12-17H2,1H3,(H,28,35)(H,27,29,30,31,32). The number of nitrogens with zero attached hydrogens (tertiary/aromatic N) is 6. The van der Waals surface area contributed by atoms with E-state index >= 15 is 0 Å². The minimum absolute atomic E-state index is 0.224. The number of hydrogen-bond donors (Lipinski definition) is 2. The van der Waals surface area contributed by atoms with E-state index in [2.05, 4.69) is 42.4 Å². The van der Waals surface area contributed by atoms with Crippen molar-refractivity contribution in [1.82, 2.24) is 24.8 Å². The molecule has 37 heavy (non-hydrogen) atoms. The Morgan fingerprint density at radius 3 is 2.59 bits per heavy atom. The van der Waals surface area contributed by atoms with E-state index in [-0.39, 0.29) is 12.2 Å². The Hall–Kier alpha value is -3.67. The molecule has 0 unspecified atom stereocenters. The number of piperazine rings is 1. The first kappa shape index (κ1) is 25.0. The van der Waals surface area contributed by atoms with Crippen LogP contribution in [0.3, 0.4) is 0 Å². The summed E-state index contributed by atoms with van der Waals surface area (Å²) in [6.45, 7) is 4.97. The second-order valence-electron chi connectivity index (χ2n) is 9.10. The van der Waals surface area contributed by atoms with E-state index in [1.54, 1.807) is 18.3 Å². The van der Waals surface area contributed by atoms with Gasteiger partial charge in [-0.3, -0.25) is 4.79 Å². The molecule has 194 valence electrons. The van der Waals surface area contributed by atoms with E-state index in [4.69, 9.17) is 14.5 Å². The molecule has 0 atom stereocenters. The molecule has 4 heterocycles. The Morgan fingerprint density at radius 1 is 1.03 bits per heavy atom. The van der Waals surface area contributed by atoms with Crippen molar-refractivity contribution >= 4 is 29.3 Å². The molecule has 2 aromatic heterocycles. The summed E-state index contributed by atoms with van der Waals surface area (Å²) in [5.74, 6) is 1.92. The van der Waals surface area contributed by atoms with Gasteiger partial charge in [-0.25, -0.2) is 4.98 Å². The van der Waals surface area contributed by atoms with Crippen LogP contribution in [0.2, 0.25) is 0 Å². The molecule has 1 amide bonds. The number of aromatic nitrogens is 4. The molecule has 2 saturated heterocycles. The minimum Gasteiger partial charge on any atom is -0.353 e. The van der Waals surface area contributed by atoms with Crippen LogP contribution in [-0.4, -0.2) is 83.5 Å². The van der Waals surface area contributed by atoms with Gasteiger partial charge < -0.3 is 29.9 Å². The fourth-order valence-corrected chi connectivity index (χ4v) is 4.15. The van der Waals surface area contributed by atoms with Gasteiger partial charge in [0.05, 0.1) is 13.2 Å². The van der Waals surface area contributed by atoms with Crippen molar-refractivity contribution in [2.24, 2.45) is 0 Å². The zero-order valence-corrected chi connectivity index (χ0v) is 21.0. The Balaban J connectivity index is 1.33. The highest BCUT2D eigenvalue weighted by atomic mass is 16.7. The monoisotopic (exact) mass is 504 g/mol. The first-order valence-corrected chi connectivity index (χ1v) is 12.6. The molecule has 0 aliphatic carbocycles. The number of benzene rings is 1. The van der Waals surface area contributed by atoms with Crippen LogP contribution in [-0.2, 0) is 15.9 Å². The van der Waals surface area contributed by atoms with Crippen molar-refractivity contribution in [3.63, 3.8) is 0 Å². The number of anilines is 4. The lowest BCUT2D eigenvalue weighted by Gasteiger charge is -2.32. The number of aryl methyl sites for hydroxylation is 1. The summed E-state index contributed by atoms with van der Waals surface area (Å²) < 4.78 is 11.4. The highest BCUT2D eigenvalue weighted by molar-refractivity contribution is 6.04. The number of ether oxygens (including phenoxy) is 2. The molecule has 0 bridgehead atoms. The van der Waals surface area contributed by atoms with E-state index < -0.39 is 0 Å². The van der Waals surface area contributed by atoms with Crippen molar-refractivity contribution < 1.29 is 14.3 Å². The van der Waals surface area contributed by atoms with Crippen LogP contribution in [0.25, 0.3) is 0 Å². The van der Waals surface area contributed by atoms with Gasteiger partial charge in [-0.2, -0.15) is 15.0 Å². The molecule has 2 fully saturated rings. The summed E-state index contributed by atoms with van der Waals surface area (Å²) in [6.07, 6.45) is 3.52. The van der Waals surface area contributed by atoms with Gasteiger partial charge in [0.2, 0.25) is 11.9 Å². The first-order valence-electron chi connectivity index (χ1n) is 12.6. The van der Waals surface area contributed by atoms with Crippen LogP contribution in [0.4, 0.5) is 23.4 Å². The van der Waals surface area contributed by atoms with E-state index in [9.17, 15) is 4.79 Å². The SMILES string of the molecule is CN1CCN(c2nc(CCC3OCCCO3)nc(Nc3cc(C(=O)Nc4ccccc4)ccn3)n2)CC1. The second kappa shape index (κ2) is 12.0. The summed E-state index contributed by atoms with van der Waals surface area (Å²) in [4.78, 5) is 35.7. The number of hydrogen-bond acceptors (Lipinski definition) is 10. The summed E-state index contributed by atoms with van der Waals surface area (Å²) in [5, 5.41) is 6.07. The third-order valence-electron chi connectivity index (χ3n) is 6.25. The number of amides is 1. The maximum absolute atomic E-state index is 12.8. The van der Waals surface area contributed by atoms with E-state index in [1.165, 1.54) is 0 Å². The largest absolute Gasteiger partial charge is 0.353 e. The van der Waals surface area contributed by atoms with Gasteiger partial charge in [0.25, 0.3) is 5.91 Å². The zero-order chi connectivity index (χ0) is 25.5. The third kappa shape index (κ3) is 6.97. The Morgan fingerprint density at radius 2 is 1.81 bits per heavy atom. The first-order chi connectivity index (χ1) is 18.1. The Kier molecular flexibility index (Phi) is 8.14. The summed E-state index contributed by atoms with van der Waals surface area (Å²) in [6, 6.07) is 12.7. The average molecular weight is 505 g/mol. The average Bonchev–Trinajstić information content (AvgIpc) is 2.93. The molecule has 2 aliphatic heterocycles. The third-order valence-corrected chi connectivity index (χ3v) is 6.25. The lowest BCUT2D eigenvalue weighted by molar-refractivity contribution is -0.180. The van der Waals surface area contributed by atoms with Crippen molar-refractivity contribution in [2.75, 3.05) is 62.0 Å². The fraction of sp³-hybridized carbons (Fsp3) is 0.423. The minimum atomic E-state index is -0.240. The lowest BCUT2D eigenvalue weighted by Crippen LogP contribution is -2.45. The van der Waals surface area contributed by atoms with Gasteiger partial charge >= 0.3 is 0 Å². The number of nitrogens with one attached hydrogen (secondary N) is 2. The van der Waals surface area contributed by atoms with Crippen molar-refractivity contribution in [2.45, 2.75) is 25.6 Å². The van der Waals surface area contributed by atoms with Crippen LogP contribution >= 0.6 is 0 Å². The van der Waals surface area contributed by atoms with E-state index in [0.29, 0.717) is 55.2 Å². The van der Waals surface area contributed by atoms with Crippen molar-refractivity contribution in [3.8, 4) is 0 Å². The van der Waals surface area contributed by atoms with Gasteiger partial charge in [-0.15, -0.1) is 0 Å². The fourth-order valence-electron chi connectivity index (χ4n) is 4.15.